The minimum Gasteiger partial charge on any atom is -0.493 e. The molecule has 0 atom stereocenters. The molecule has 0 unspecified atom stereocenters. The molecule has 0 amide bonds. The minimum absolute atomic E-state index is 0.262. The van der Waals surface area contributed by atoms with Crippen molar-refractivity contribution in [2.75, 3.05) is 12.4 Å². The molecule has 1 fully saturated rings. The maximum atomic E-state index is 9.12. The van der Waals surface area contributed by atoms with Crippen molar-refractivity contribution in [3.63, 3.8) is 0 Å². The van der Waals surface area contributed by atoms with E-state index >= 15 is 0 Å². The van der Waals surface area contributed by atoms with Crippen LogP contribution in [0.2, 0.25) is 0 Å². The Bertz CT molecular complexity index is 777. The number of anilines is 1. The molecule has 5 heteroatoms. The minimum atomic E-state index is 0.262. The van der Waals surface area contributed by atoms with Gasteiger partial charge in [0.1, 0.15) is 17.6 Å². The number of nitriles is 1. The number of hydrogen-bond acceptors (Lipinski definition) is 5. The SMILES string of the molecule is COc1cccc(CNc2ccc(C)c(C#N)n2)c1OC1CCCC1. The van der Waals surface area contributed by atoms with E-state index in [9.17, 15) is 0 Å². The lowest BCUT2D eigenvalue weighted by Gasteiger charge is -2.19. The Morgan fingerprint density at radius 1 is 1.24 bits per heavy atom. The number of aryl methyl sites for hydroxylation is 1. The summed E-state index contributed by atoms with van der Waals surface area (Å²) >= 11 is 0. The smallest absolute Gasteiger partial charge is 0.166 e. The van der Waals surface area contributed by atoms with Crippen LogP contribution in [0, 0.1) is 18.3 Å². The van der Waals surface area contributed by atoms with E-state index in [-0.39, 0.29) is 6.10 Å². The van der Waals surface area contributed by atoms with Crippen molar-refractivity contribution in [2.45, 2.75) is 45.3 Å². The molecule has 0 spiro atoms. The average Bonchev–Trinajstić information content (AvgIpc) is 3.15. The van der Waals surface area contributed by atoms with Gasteiger partial charge in [0, 0.05) is 12.1 Å². The van der Waals surface area contributed by atoms with E-state index in [0.717, 1.165) is 35.5 Å². The van der Waals surface area contributed by atoms with E-state index in [1.54, 1.807) is 7.11 Å². The number of nitrogens with one attached hydrogen (secondary N) is 1. The molecule has 3 rings (SSSR count). The molecule has 1 aliphatic carbocycles. The molecule has 25 heavy (non-hydrogen) atoms. The van der Waals surface area contributed by atoms with E-state index in [1.807, 2.05) is 37.3 Å². The standard InChI is InChI=1S/C20H23N3O2/c1-14-10-11-19(23-17(14)12-21)22-13-15-6-5-9-18(24-2)20(15)25-16-7-3-4-8-16/h5-6,9-11,16H,3-4,7-8,13H2,1-2H3,(H,22,23). The van der Waals surface area contributed by atoms with Crippen LogP contribution in [0.4, 0.5) is 5.82 Å². The van der Waals surface area contributed by atoms with E-state index in [0.29, 0.717) is 18.1 Å². The molecule has 0 radical (unpaired) electrons. The topological polar surface area (TPSA) is 67.2 Å². The maximum absolute atomic E-state index is 9.12. The van der Waals surface area contributed by atoms with E-state index in [4.69, 9.17) is 14.7 Å². The highest BCUT2D eigenvalue weighted by molar-refractivity contribution is 5.49. The second kappa shape index (κ2) is 7.89. The molecule has 1 aromatic heterocycles. The third kappa shape index (κ3) is 4.03. The van der Waals surface area contributed by atoms with Crippen molar-refractivity contribution in [3.8, 4) is 17.6 Å². The van der Waals surface area contributed by atoms with Gasteiger partial charge in [-0.2, -0.15) is 5.26 Å². The first kappa shape index (κ1) is 17.1. The quantitative estimate of drug-likeness (QED) is 0.855. The zero-order chi connectivity index (χ0) is 17.6. The fourth-order valence-electron chi connectivity index (χ4n) is 3.09. The molecule has 1 aliphatic rings. The van der Waals surface area contributed by atoms with Gasteiger partial charge in [-0.05, 0) is 50.3 Å². The predicted molar refractivity (Wildman–Crippen MR) is 96.9 cm³/mol. The summed E-state index contributed by atoms with van der Waals surface area (Å²) in [6.45, 7) is 2.44. The van der Waals surface area contributed by atoms with Crippen molar-refractivity contribution in [1.29, 1.82) is 5.26 Å². The summed E-state index contributed by atoms with van der Waals surface area (Å²) in [5, 5.41) is 12.4. The zero-order valence-corrected chi connectivity index (χ0v) is 14.7. The number of rotatable bonds is 6. The van der Waals surface area contributed by atoms with Crippen LogP contribution in [-0.2, 0) is 6.54 Å². The Balaban J connectivity index is 1.78. The number of aromatic nitrogens is 1. The number of para-hydroxylation sites is 1. The van der Waals surface area contributed by atoms with Crippen LogP contribution in [0.15, 0.2) is 30.3 Å². The van der Waals surface area contributed by atoms with E-state index in [2.05, 4.69) is 16.4 Å². The van der Waals surface area contributed by atoms with Gasteiger partial charge in [0.15, 0.2) is 11.5 Å². The van der Waals surface area contributed by atoms with Crippen LogP contribution in [0.25, 0.3) is 0 Å². The molecule has 1 saturated carbocycles. The Kier molecular flexibility index (Phi) is 5.39. The van der Waals surface area contributed by atoms with Gasteiger partial charge in [0.05, 0.1) is 13.2 Å². The Hall–Kier alpha value is -2.74. The summed E-state index contributed by atoms with van der Waals surface area (Å²) in [5.41, 5.74) is 2.34. The maximum Gasteiger partial charge on any atom is 0.166 e. The molecule has 130 valence electrons. The molecule has 5 nitrogen and oxygen atoms in total. The number of pyridine rings is 1. The first-order valence-corrected chi connectivity index (χ1v) is 8.65. The van der Waals surface area contributed by atoms with Crippen molar-refractivity contribution >= 4 is 5.82 Å². The first-order valence-electron chi connectivity index (χ1n) is 8.65. The number of benzene rings is 1. The summed E-state index contributed by atoms with van der Waals surface area (Å²) in [4.78, 5) is 4.34. The Morgan fingerprint density at radius 2 is 2.04 bits per heavy atom. The van der Waals surface area contributed by atoms with Gasteiger partial charge in [0.25, 0.3) is 0 Å². The van der Waals surface area contributed by atoms with Gasteiger partial charge in [0.2, 0.25) is 0 Å². The Morgan fingerprint density at radius 3 is 2.76 bits per heavy atom. The highest BCUT2D eigenvalue weighted by Gasteiger charge is 2.20. The van der Waals surface area contributed by atoms with Gasteiger partial charge in [-0.15, -0.1) is 0 Å². The lowest BCUT2D eigenvalue weighted by atomic mass is 10.1. The molecule has 0 saturated heterocycles. The summed E-state index contributed by atoms with van der Waals surface area (Å²) in [5.74, 6) is 2.23. The van der Waals surface area contributed by atoms with Crippen LogP contribution < -0.4 is 14.8 Å². The van der Waals surface area contributed by atoms with Crippen LogP contribution in [0.1, 0.15) is 42.5 Å². The van der Waals surface area contributed by atoms with Gasteiger partial charge < -0.3 is 14.8 Å². The van der Waals surface area contributed by atoms with Crippen molar-refractivity contribution in [2.24, 2.45) is 0 Å². The zero-order valence-electron chi connectivity index (χ0n) is 14.7. The third-order valence-corrected chi connectivity index (χ3v) is 4.53. The van der Waals surface area contributed by atoms with Crippen LogP contribution >= 0.6 is 0 Å². The summed E-state index contributed by atoms with van der Waals surface area (Å²) < 4.78 is 11.7. The van der Waals surface area contributed by atoms with Crippen molar-refractivity contribution < 1.29 is 9.47 Å². The molecule has 1 N–H and O–H groups in total. The summed E-state index contributed by atoms with van der Waals surface area (Å²) in [6.07, 6.45) is 4.89. The number of methoxy groups -OCH3 is 1. The van der Waals surface area contributed by atoms with Gasteiger partial charge in [-0.1, -0.05) is 18.2 Å². The van der Waals surface area contributed by atoms with Gasteiger partial charge in [-0.25, -0.2) is 4.98 Å². The lowest BCUT2D eigenvalue weighted by Crippen LogP contribution is -2.14. The average molecular weight is 337 g/mol. The Labute approximate surface area is 148 Å². The van der Waals surface area contributed by atoms with Crippen LogP contribution in [-0.4, -0.2) is 18.2 Å². The molecule has 0 bridgehead atoms. The molecular weight excluding hydrogens is 314 g/mol. The number of ether oxygens (including phenoxy) is 2. The van der Waals surface area contributed by atoms with E-state index < -0.39 is 0 Å². The van der Waals surface area contributed by atoms with Crippen molar-refractivity contribution in [3.05, 3.63) is 47.2 Å². The summed E-state index contributed by atoms with van der Waals surface area (Å²) in [6, 6.07) is 11.8. The first-order chi connectivity index (χ1) is 12.2. The van der Waals surface area contributed by atoms with E-state index in [1.165, 1.54) is 12.8 Å². The fraction of sp³-hybridized carbons (Fsp3) is 0.400. The molecule has 2 aromatic rings. The fourth-order valence-corrected chi connectivity index (χ4v) is 3.09. The predicted octanol–water partition coefficient (Wildman–Crippen LogP) is 4.20. The third-order valence-electron chi connectivity index (χ3n) is 4.53. The monoisotopic (exact) mass is 337 g/mol. The van der Waals surface area contributed by atoms with Crippen molar-refractivity contribution in [1.82, 2.24) is 4.98 Å². The number of hydrogen-bond donors (Lipinski definition) is 1. The second-order valence-electron chi connectivity index (χ2n) is 6.30. The molecule has 1 aromatic carbocycles. The largest absolute Gasteiger partial charge is 0.493 e. The van der Waals surface area contributed by atoms with Gasteiger partial charge >= 0.3 is 0 Å². The second-order valence-corrected chi connectivity index (χ2v) is 6.30. The molecule has 0 aliphatic heterocycles. The normalized spacial score (nSPS) is 14.1. The number of nitrogens with zero attached hydrogens (tertiary/aromatic N) is 2. The van der Waals surface area contributed by atoms with Crippen LogP contribution in [0.5, 0.6) is 11.5 Å². The summed E-state index contributed by atoms with van der Waals surface area (Å²) in [7, 11) is 1.66. The van der Waals surface area contributed by atoms with Crippen LogP contribution in [0.3, 0.4) is 0 Å². The highest BCUT2D eigenvalue weighted by atomic mass is 16.5. The van der Waals surface area contributed by atoms with Gasteiger partial charge in [-0.3, -0.25) is 0 Å². The molecular formula is C20H23N3O2. The highest BCUT2D eigenvalue weighted by Crippen LogP contribution is 2.35. The molecule has 1 heterocycles. The lowest BCUT2D eigenvalue weighted by molar-refractivity contribution is 0.199.